The standard InChI is InChI=1S/C47H58FN9O8S3.C19H24.CO2/c1-29-23-38(40(58)26-34(29)47(8,9)28-45(2,3)4)55-68(63,64)41-24-32(15-18-39(41)56-19-21-65-22-20-56)54-67(61,62)33-16-17-37(36(48)25-33)50-51-42-35(46(5,6)7)27-57-44(42)49-43(52-57)30-11-13-31(14-12-30)53-66(10,59)60;1-4-16(17-11-7-5-8-12-17)15-19(2,3)18-13-9-6-10-14-18;2-1-3/h11-18,23-27,53-55,58H,19-22,28H2,1-10H3,(H,49,52);5-14,16H,4,15H2,1-3H3;. The Morgan fingerprint density at radius 1 is 0.722 bits per heavy atom. The molecule has 6 aromatic carbocycles. The Balaban J connectivity index is 0.000000440. The zero-order valence-corrected chi connectivity index (χ0v) is 55.7. The molecule has 0 bridgehead atoms. The van der Waals surface area contributed by atoms with Crippen LogP contribution in [-0.4, -0.2) is 83.7 Å². The third-order valence-electron chi connectivity index (χ3n) is 15.4. The summed E-state index contributed by atoms with van der Waals surface area (Å²) in [6, 6.07) is 38.8. The van der Waals surface area contributed by atoms with Crippen molar-refractivity contribution in [2.45, 2.75) is 134 Å². The fourth-order valence-corrected chi connectivity index (χ4v) is 14.4. The SMILES string of the molecule is CCC(CC(C)(C)c1ccccc1)c1ccccc1.Cc1cc(NS(=O)(=O)c2cc(NS(=O)(=O)c3ccc(N=Nc4c(C(C)(C)C)cn5[nH]c(-c6ccc(NS(C)(=O)=O)cc6)nc45)c(F)c3)ccc2N2CCOCC2)c(O)cc1C(C)(C)CC(C)(C)C.O=C=O. The number of hydrogen-bond acceptors (Lipinski definition) is 14. The average molecular weight is 1290 g/mol. The van der Waals surface area contributed by atoms with Gasteiger partial charge in [0.2, 0.25) is 10.0 Å². The van der Waals surface area contributed by atoms with E-state index >= 15 is 4.39 Å². The van der Waals surface area contributed by atoms with Crippen molar-refractivity contribution in [1.82, 2.24) is 14.6 Å². The number of halogens is 1. The predicted octanol–water partition coefficient (Wildman–Crippen LogP) is 14.7. The van der Waals surface area contributed by atoms with Crippen molar-refractivity contribution in [3.8, 4) is 17.1 Å². The minimum Gasteiger partial charge on any atom is -0.506 e. The van der Waals surface area contributed by atoms with Crippen LogP contribution in [0, 0.1) is 18.2 Å². The first-order valence-corrected chi connectivity index (χ1v) is 34.3. The lowest BCUT2D eigenvalue weighted by Gasteiger charge is -2.34. The molecule has 9 rings (SSSR count). The Morgan fingerprint density at radius 2 is 1.33 bits per heavy atom. The number of aromatic nitrogens is 3. The van der Waals surface area contributed by atoms with Gasteiger partial charge in [0.25, 0.3) is 20.0 Å². The Kier molecular flexibility index (Phi) is 21.5. The quantitative estimate of drug-likeness (QED) is 0.0374. The van der Waals surface area contributed by atoms with Crippen molar-refractivity contribution in [2.75, 3.05) is 51.6 Å². The maximum atomic E-state index is 15.8. The van der Waals surface area contributed by atoms with Gasteiger partial charge in [0, 0.05) is 36.1 Å². The van der Waals surface area contributed by atoms with Crippen LogP contribution in [0.1, 0.15) is 129 Å². The summed E-state index contributed by atoms with van der Waals surface area (Å²) in [5.74, 6) is -0.170. The van der Waals surface area contributed by atoms with Gasteiger partial charge in [0.1, 0.15) is 22.0 Å². The van der Waals surface area contributed by atoms with E-state index in [0.717, 1.165) is 41.5 Å². The van der Waals surface area contributed by atoms with Crippen molar-refractivity contribution < 1.29 is 49.1 Å². The third-order valence-corrected chi connectivity index (χ3v) is 18.8. The van der Waals surface area contributed by atoms with Crippen molar-refractivity contribution in [2.24, 2.45) is 15.6 Å². The van der Waals surface area contributed by atoms with Gasteiger partial charge in [-0.25, -0.2) is 39.1 Å². The molecule has 23 heteroatoms. The molecule has 2 aromatic heterocycles. The highest BCUT2D eigenvalue weighted by Gasteiger charge is 2.32. The summed E-state index contributed by atoms with van der Waals surface area (Å²) in [5.41, 5.74) is 6.36. The van der Waals surface area contributed by atoms with Gasteiger partial charge in [0.15, 0.2) is 17.3 Å². The number of phenolic OH excluding ortho intramolecular Hbond substituents is 1. The third kappa shape index (κ3) is 17.8. The molecule has 1 atom stereocenters. The maximum Gasteiger partial charge on any atom is 0.373 e. The Morgan fingerprint density at radius 3 is 1.91 bits per heavy atom. The molecule has 0 amide bonds. The number of benzene rings is 6. The molecule has 1 aliphatic heterocycles. The summed E-state index contributed by atoms with van der Waals surface area (Å²) in [6.07, 6.45) is 6.30. The number of aryl methyl sites for hydroxylation is 1. The first-order chi connectivity index (χ1) is 42.0. The van der Waals surface area contributed by atoms with E-state index in [-0.39, 0.29) is 50.1 Å². The number of anilines is 4. The smallest absolute Gasteiger partial charge is 0.373 e. The maximum absolute atomic E-state index is 15.8. The van der Waals surface area contributed by atoms with Crippen molar-refractivity contribution >= 4 is 76.0 Å². The van der Waals surface area contributed by atoms with Gasteiger partial charge < -0.3 is 14.7 Å². The molecular weight excluding hydrogens is 1210 g/mol. The van der Waals surface area contributed by atoms with Crippen molar-refractivity contribution in [3.05, 3.63) is 173 Å². The molecule has 8 aromatic rings. The summed E-state index contributed by atoms with van der Waals surface area (Å²) in [4.78, 5) is 22.1. The van der Waals surface area contributed by atoms with Crippen LogP contribution in [0.3, 0.4) is 0 Å². The number of H-pyrrole nitrogens is 1. The zero-order chi connectivity index (χ0) is 66.2. The minimum atomic E-state index is -4.51. The van der Waals surface area contributed by atoms with Gasteiger partial charge in [-0.3, -0.25) is 19.3 Å². The normalized spacial score (nSPS) is 13.8. The molecular formula is C67H82FN9O10S3. The van der Waals surface area contributed by atoms with E-state index in [1.807, 2.05) is 32.6 Å². The number of aromatic amines is 1. The van der Waals surface area contributed by atoms with E-state index in [2.05, 4.69) is 146 Å². The Labute approximate surface area is 528 Å². The second-order valence-electron chi connectivity index (χ2n) is 26.0. The number of carbonyl (C=O) groups excluding carboxylic acids is 2. The van der Waals surface area contributed by atoms with E-state index in [9.17, 15) is 30.4 Å². The summed E-state index contributed by atoms with van der Waals surface area (Å²) < 4.78 is 110. The van der Waals surface area contributed by atoms with Crippen LogP contribution in [0.5, 0.6) is 5.75 Å². The molecule has 1 saturated heterocycles. The second kappa shape index (κ2) is 27.9. The van der Waals surface area contributed by atoms with Gasteiger partial charge in [-0.05, 0) is 149 Å². The van der Waals surface area contributed by atoms with Crippen LogP contribution < -0.4 is 19.1 Å². The van der Waals surface area contributed by atoms with Crippen molar-refractivity contribution in [1.29, 1.82) is 0 Å². The Bertz CT molecular complexity index is 4220. The monoisotopic (exact) mass is 1290 g/mol. The zero-order valence-electron chi connectivity index (χ0n) is 53.3. The molecule has 0 spiro atoms. The van der Waals surface area contributed by atoms with Crippen LogP contribution in [0.2, 0.25) is 0 Å². The number of nitrogens with zero attached hydrogens (tertiary/aromatic N) is 5. The number of phenols is 1. The van der Waals surface area contributed by atoms with E-state index < -0.39 is 46.2 Å². The van der Waals surface area contributed by atoms with Crippen LogP contribution in [0.25, 0.3) is 17.0 Å². The molecule has 5 N–H and O–H groups in total. The fourth-order valence-electron chi connectivity index (χ4n) is 11.5. The number of rotatable bonds is 19. The lowest BCUT2D eigenvalue weighted by atomic mass is 9.71. The number of nitrogens with one attached hydrogen (secondary N) is 4. The number of sulfonamides is 3. The van der Waals surface area contributed by atoms with Crippen LogP contribution in [0.4, 0.5) is 38.5 Å². The summed E-state index contributed by atoms with van der Waals surface area (Å²) in [7, 11) is -12.4. The number of fused-ring (bicyclic) bond motifs is 1. The number of ether oxygens (including phenoxy) is 1. The largest absolute Gasteiger partial charge is 0.506 e. The molecule has 1 fully saturated rings. The minimum absolute atomic E-state index is 0.0125. The van der Waals surface area contributed by atoms with Crippen LogP contribution in [-0.2, 0) is 60.6 Å². The first-order valence-electron chi connectivity index (χ1n) is 29.4. The highest BCUT2D eigenvalue weighted by atomic mass is 32.2. The summed E-state index contributed by atoms with van der Waals surface area (Å²) in [5, 5.41) is 23.0. The first kappa shape index (κ1) is 69.3. The highest BCUT2D eigenvalue weighted by molar-refractivity contribution is 7.93. The molecule has 0 radical (unpaired) electrons. The lowest BCUT2D eigenvalue weighted by molar-refractivity contribution is -0.191. The van der Waals surface area contributed by atoms with E-state index in [4.69, 9.17) is 19.3 Å². The van der Waals surface area contributed by atoms with Gasteiger partial charge in [-0.15, -0.1) is 10.2 Å². The van der Waals surface area contributed by atoms with Crippen LogP contribution in [0.15, 0.2) is 160 Å². The lowest BCUT2D eigenvalue weighted by Crippen LogP contribution is -2.37. The molecule has 3 heterocycles. The van der Waals surface area contributed by atoms with Gasteiger partial charge >= 0.3 is 6.15 Å². The molecule has 1 aliphatic rings. The Hall–Kier alpha value is -8.21. The molecule has 1 unspecified atom stereocenters. The molecule has 0 saturated carbocycles. The predicted molar refractivity (Wildman–Crippen MR) is 352 cm³/mol. The number of morpholine rings is 1. The number of aromatic hydroxyl groups is 1. The van der Waals surface area contributed by atoms with Crippen molar-refractivity contribution in [3.63, 3.8) is 0 Å². The molecule has 19 nitrogen and oxygen atoms in total. The van der Waals surface area contributed by atoms with Gasteiger partial charge in [-0.1, -0.05) is 137 Å². The van der Waals surface area contributed by atoms with Gasteiger partial charge in [-0.2, -0.15) is 9.59 Å². The molecule has 90 heavy (non-hydrogen) atoms. The van der Waals surface area contributed by atoms with E-state index in [1.54, 1.807) is 47.1 Å². The average Bonchev–Trinajstić information content (AvgIpc) is 1.51. The van der Waals surface area contributed by atoms with E-state index in [0.29, 0.717) is 66.3 Å². The fraction of sp³-hybridized carbons (Fsp3) is 0.373. The number of azo groups is 1. The number of hydrogen-bond donors (Lipinski definition) is 5. The second-order valence-corrected chi connectivity index (χ2v) is 31.1. The topological polar surface area (TPSA) is 263 Å². The summed E-state index contributed by atoms with van der Waals surface area (Å²) in [6.45, 7) is 26.7. The van der Waals surface area contributed by atoms with E-state index in [1.165, 1.54) is 48.2 Å². The van der Waals surface area contributed by atoms with Gasteiger partial charge in [0.05, 0.1) is 41.4 Å². The summed E-state index contributed by atoms with van der Waals surface area (Å²) >= 11 is 0. The molecule has 480 valence electrons. The van der Waals surface area contributed by atoms with Crippen LogP contribution >= 0.6 is 0 Å². The highest BCUT2D eigenvalue weighted by Crippen LogP contribution is 2.43. The molecule has 0 aliphatic carbocycles.